The summed E-state index contributed by atoms with van der Waals surface area (Å²) < 4.78 is 15.3. The average molecular weight is 367 g/mol. The van der Waals surface area contributed by atoms with E-state index in [4.69, 9.17) is 8.94 Å². The number of rotatable bonds is 4. The zero-order valence-corrected chi connectivity index (χ0v) is 15.3. The van der Waals surface area contributed by atoms with E-state index < -0.39 is 11.9 Å². The number of benzene rings is 1. The van der Waals surface area contributed by atoms with Crippen LogP contribution in [0.1, 0.15) is 38.5 Å². The standard InChI is InChI=1S/C19H17N3O5/c1-9-5-10(2)16-13(22-27-14(16)6-9)7-15(23)21-18-12(8-20)17(11(3)26-18)19(24)25-4/h5-6H,7H2,1-4H3,(H,21,23). The average Bonchev–Trinajstić information content (AvgIpc) is 3.14. The largest absolute Gasteiger partial charge is 0.465 e. The molecular formula is C19H17N3O5. The number of nitriles is 1. The van der Waals surface area contributed by atoms with Crippen LogP contribution in [-0.2, 0) is 16.0 Å². The summed E-state index contributed by atoms with van der Waals surface area (Å²) >= 11 is 0. The summed E-state index contributed by atoms with van der Waals surface area (Å²) in [6, 6.07) is 5.70. The number of carbonyl (C=O) groups is 2. The molecule has 0 bridgehead atoms. The predicted molar refractivity (Wildman–Crippen MR) is 95.3 cm³/mol. The molecule has 1 aromatic carbocycles. The fourth-order valence-electron chi connectivity index (χ4n) is 3.05. The molecule has 3 rings (SSSR count). The second kappa shape index (κ2) is 6.96. The van der Waals surface area contributed by atoms with Gasteiger partial charge in [0.25, 0.3) is 0 Å². The number of carbonyl (C=O) groups excluding carboxylic acids is 2. The highest BCUT2D eigenvalue weighted by atomic mass is 16.5. The number of anilines is 1. The Morgan fingerprint density at radius 2 is 2.04 bits per heavy atom. The van der Waals surface area contributed by atoms with E-state index in [0.29, 0.717) is 11.3 Å². The van der Waals surface area contributed by atoms with Crippen LogP contribution in [0.2, 0.25) is 0 Å². The lowest BCUT2D eigenvalue weighted by Gasteiger charge is -2.02. The van der Waals surface area contributed by atoms with Gasteiger partial charge in [0.2, 0.25) is 11.8 Å². The lowest BCUT2D eigenvalue weighted by molar-refractivity contribution is -0.115. The Kier molecular flexibility index (Phi) is 4.69. The summed E-state index contributed by atoms with van der Waals surface area (Å²) in [6.07, 6.45) is -0.0743. The second-order valence-electron chi connectivity index (χ2n) is 6.15. The van der Waals surface area contributed by atoms with Gasteiger partial charge < -0.3 is 13.7 Å². The molecule has 0 aliphatic carbocycles. The first kappa shape index (κ1) is 18.2. The van der Waals surface area contributed by atoms with Gasteiger partial charge in [-0.05, 0) is 38.0 Å². The SMILES string of the molecule is COC(=O)c1c(C)oc(NC(=O)Cc2noc3cc(C)cc(C)c23)c1C#N. The van der Waals surface area contributed by atoms with Gasteiger partial charge >= 0.3 is 5.97 Å². The van der Waals surface area contributed by atoms with E-state index in [2.05, 4.69) is 15.2 Å². The fourth-order valence-corrected chi connectivity index (χ4v) is 3.05. The number of ether oxygens (including phenoxy) is 1. The number of aromatic nitrogens is 1. The minimum Gasteiger partial charge on any atom is -0.465 e. The number of hydrogen-bond acceptors (Lipinski definition) is 7. The number of fused-ring (bicyclic) bond motifs is 1. The molecule has 1 amide bonds. The van der Waals surface area contributed by atoms with Crippen molar-refractivity contribution < 1.29 is 23.3 Å². The monoisotopic (exact) mass is 367 g/mol. The molecule has 0 saturated heterocycles. The molecule has 27 heavy (non-hydrogen) atoms. The third-order valence-electron chi connectivity index (χ3n) is 4.15. The van der Waals surface area contributed by atoms with E-state index in [1.165, 1.54) is 14.0 Å². The Bertz CT molecular complexity index is 1100. The predicted octanol–water partition coefficient (Wildman–Crippen LogP) is 3.19. The third kappa shape index (κ3) is 3.27. The summed E-state index contributed by atoms with van der Waals surface area (Å²) in [5.41, 5.74) is 2.99. The van der Waals surface area contributed by atoms with Crippen LogP contribution in [0.15, 0.2) is 21.1 Å². The lowest BCUT2D eigenvalue weighted by Crippen LogP contribution is -2.15. The molecule has 0 saturated carbocycles. The Morgan fingerprint density at radius 1 is 1.30 bits per heavy atom. The molecule has 0 spiro atoms. The minimum absolute atomic E-state index is 0.00601. The van der Waals surface area contributed by atoms with E-state index in [9.17, 15) is 14.9 Å². The molecule has 0 atom stereocenters. The van der Waals surface area contributed by atoms with Crippen molar-refractivity contribution in [2.24, 2.45) is 0 Å². The van der Waals surface area contributed by atoms with Crippen LogP contribution >= 0.6 is 0 Å². The maximum atomic E-state index is 12.5. The molecule has 0 radical (unpaired) electrons. The summed E-state index contributed by atoms with van der Waals surface area (Å²) in [5, 5.41) is 16.6. The molecule has 2 aromatic heterocycles. The van der Waals surface area contributed by atoms with E-state index in [-0.39, 0.29) is 29.2 Å². The molecule has 0 aliphatic rings. The van der Waals surface area contributed by atoms with Gasteiger partial charge in [0, 0.05) is 5.39 Å². The van der Waals surface area contributed by atoms with Gasteiger partial charge in [-0.3, -0.25) is 10.1 Å². The van der Waals surface area contributed by atoms with E-state index in [1.54, 1.807) is 0 Å². The van der Waals surface area contributed by atoms with Crippen LogP contribution in [0, 0.1) is 32.1 Å². The van der Waals surface area contributed by atoms with Gasteiger partial charge in [0.05, 0.1) is 13.5 Å². The molecule has 1 N–H and O–H groups in total. The summed E-state index contributed by atoms with van der Waals surface area (Å²) in [7, 11) is 1.20. The van der Waals surface area contributed by atoms with E-state index in [0.717, 1.165) is 16.5 Å². The van der Waals surface area contributed by atoms with Crippen LogP contribution < -0.4 is 5.32 Å². The van der Waals surface area contributed by atoms with Crippen molar-refractivity contribution in [1.82, 2.24) is 5.16 Å². The molecule has 8 heteroatoms. The molecule has 0 aliphatic heterocycles. The number of esters is 1. The van der Waals surface area contributed by atoms with Crippen molar-refractivity contribution >= 4 is 28.7 Å². The van der Waals surface area contributed by atoms with Gasteiger partial charge in [0.15, 0.2) is 5.58 Å². The fraction of sp³-hybridized carbons (Fsp3) is 0.263. The number of amides is 1. The zero-order valence-electron chi connectivity index (χ0n) is 15.3. The van der Waals surface area contributed by atoms with Crippen LogP contribution in [0.5, 0.6) is 0 Å². The minimum atomic E-state index is -0.707. The Morgan fingerprint density at radius 3 is 2.70 bits per heavy atom. The molecule has 0 fully saturated rings. The van der Waals surface area contributed by atoms with Crippen LogP contribution in [0.25, 0.3) is 11.0 Å². The number of furan rings is 1. The second-order valence-corrected chi connectivity index (χ2v) is 6.15. The molecule has 2 heterocycles. The highest BCUT2D eigenvalue weighted by Gasteiger charge is 2.26. The third-order valence-corrected chi connectivity index (χ3v) is 4.15. The number of nitrogens with one attached hydrogen (secondary N) is 1. The summed E-state index contributed by atoms with van der Waals surface area (Å²) in [5.74, 6) is -1.07. The van der Waals surface area contributed by atoms with Gasteiger partial charge in [0.1, 0.15) is 28.7 Å². The maximum Gasteiger partial charge on any atom is 0.342 e. The first-order valence-electron chi connectivity index (χ1n) is 8.12. The van der Waals surface area contributed by atoms with Crippen LogP contribution in [-0.4, -0.2) is 24.1 Å². The van der Waals surface area contributed by atoms with Crippen molar-refractivity contribution in [3.63, 3.8) is 0 Å². The topological polar surface area (TPSA) is 118 Å². The molecule has 8 nitrogen and oxygen atoms in total. The van der Waals surface area contributed by atoms with Gasteiger partial charge in [-0.1, -0.05) is 11.2 Å². The molecule has 138 valence electrons. The van der Waals surface area contributed by atoms with Crippen molar-refractivity contribution in [1.29, 1.82) is 5.26 Å². The molecule has 3 aromatic rings. The van der Waals surface area contributed by atoms with Crippen molar-refractivity contribution in [2.45, 2.75) is 27.2 Å². The van der Waals surface area contributed by atoms with Gasteiger partial charge in [-0.2, -0.15) is 5.26 Å². The van der Waals surface area contributed by atoms with Crippen molar-refractivity contribution in [3.8, 4) is 6.07 Å². The lowest BCUT2D eigenvalue weighted by atomic mass is 10.0. The van der Waals surface area contributed by atoms with Crippen molar-refractivity contribution in [3.05, 3.63) is 45.8 Å². The number of hydrogen-bond donors (Lipinski definition) is 1. The van der Waals surface area contributed by atoms with E-state index >= 15 is 0 Å². The molecular weight excluding hydrogens is 350 g/mol. The highest BCUT2D eigenvalue weighted by molar-refractivity contribution is 5.99. The van der Waals surface area contributed by atoms with Crippen LogP contribution in [0.4, 0.5) is 5.88 Å². The Hall–Kier alpha value is -3.60. The highest BCUT2D eigenvalue weighted by Crippen LogP contribution is 2.28. The summed E-state index contributed by atoms with van der Waals surface area (Å²) in [6.45, 7) is 5.38. The van der Waals surface area contributed by atoms with Gasteiger partial charge in [-0.15, -0.1) is 0 Å². The number of aryl methyl sites for hydroxylation is 3. The smallest absolute Gasteiger partial charge is 0.342 e. The van der Waals surface area contributed by atoms with Gasteiger partial charge in [-0.25, -0.2) is 4.79 Å². The first-order chi connectivity index (χ1) is 12.8. The maximum absolute atomic E-state index is 12.5. The zero-order chi connectivity index (χ0) is 19.7. The molecule has 0 unspecified atom stereocenters. The summed E-state index contributed by atoms with van der Waals surface area (Å²) in [4.78, 5) is 24.3. The van der Waals surface area contributed by atoms with Crippen molar-refractivity contribution in [2.75, 3.05) is 12.4 Å². The Balaban J connectivity index is 1.88. The number of nitrogens with zero attached hydrogens (tertiary/aromatic N) is 2. The number of methoxy groups -OCH3 is 1. The first-order valence-corrected chi connectivity index (χ1v) is 8.12. The Labute approximate surface area is 154 Å². The van der Waals surface area contributed by atoms with E-state index in [1.807, 2.05) is 32.0 Å². The normalized spacial score (nSPS) is 10.6. The quantitative estimate of drug-likeness (QED) is 0.703. The van der Waals surface area contributed by atoms with Crippen LogP contribution in [0.3, 0.4) is 0 Å².